The van der Waals surface area contributed by atoms with Crippen molar-refractivity contribution in [1.29, 1.82) is 0 Å². The molecule has 0 aromatic heterocycles. The van der Waals surface area contributed by atoms with Crippen LogP contribution in [0.15, 0.2) is 35.2 Å². The van der Waals surface area contributed by atoms with Crippen LogP contribution in [0.1, 0.15) is 28.8 Å². The zero-order chi connectivity index (χ0) is 22.3. The molecule has 0 unspecified atom stereocenters. The molecule has 0 spiro atoms. The van der Waals surface area contributed by atoms with E-state index in [9.17, 15) is 13.2 Å². The molecule has 10 heteroatoms. The molecule has 1 saturated carbocycles. The fourth-order valence-corrected chi connectivity index (χ4v) is 6.09. The molecule has 1 aliphatic carbocycles. The summed E-state index contributed by atoms with van der Waals surface area (Å²) < 4.78 is 40.9. The van der Waals surface area contributed by atoms with Gasteiger partial charge in [-0.15, -0.1) is 0 Å². The number of carbonyl (C=O) groups is 1. The second kappa shape index (κ2) is 8.58. The first-order chi connectivity index (χ1) is 14.7. The molecule has 0 radical (unpaired) electrons. The summed E-state index contributed by atoms with van der Waals surface area (Å²) >= 11 is 12.1. The van der Waals surface area contributed by atoms with Crippen molar-refractivity contribution in [3.63, 3.8) is 0 Å². The van der Waals surface area contributed by atoms with Gasteiger partial charge in [-0.25, -0.2) is 12.8 Å². The SMILES string of the molecule is NC(=O)c1ccc(CN2CCN(c3ccc(Cl)c(Cl)c3)CC2)c(S(=O)(=O)C2CC2)c1F. The van der Waals surface area contributed by atoms with Crippen LogP contribution in [-0.4, -0.2) is 50.7 Å². The maximum atomic E-state index is 15.0. The number of amides is 1. The summed E-state index contributed by atoms with van der Waals surface area (Å²) in [6.07, 6.45) is 1.01. The van der Waals surface area contributed by atoms with Crippen molar-refractivity contribution < 1.29 is 17.6 Å². The number of hydrogen-bond donors (Lipinski definition) is 1. The van der Waals surface area contributed by atoms with Gasteiger partial charge in [-0.1, -0.05) is 29.3 Å². The largest absolute Gasteiger partial charge is 0.369 e. The summed E-state index contributed by atoms with van der Waals surface area (Å²) in [4.78, 5) is 15.4. The van der Waals surface area contributed by atoms with Crippen LogP contribution in [0.2, 0.25) is 10.0 Å². The lowest BCUT2D eigenvalue weighted by atomic mass is 10.1. The molecule has 2 aliphatic rings. The number of anilines is 1. The Bertz CT molecular complexity index is 1130. The highest BCUT2D eigenvalue weighted by Crippen LogP contribution is 2.37. The molecule has 2 fully saturated rings. The first-order valence-electron chi connectivity index (χ1n) is 9.96. The van der Waals surface area contributed by atoms with Gasteiger partial charge in [0.05, 0.1) is 20.9 Å². The van der Waals surface area contributed by atoms with Crippen LogP contribution in [0.4, 0.5) is 10.1 Å². The highest BCUT2D eigenvalue weighted by atomic mass is 35.5. The number of carbonyl (C=O) groups excluding carboxylic acids is 1. The van der Waals surface area contributed by atoms with Gasteiger partial charge in [0.2, 0.25) is 0 Å². The third kappa shape index (κ3) is 4.53. The van der Waals surface area contributed by atoms with Gasteiger partial charge in [0.25, 0.3) is 5.91 Å². The minimum atomic E-state index is -3.84. The van der Waals surface area contributed by atoms with Gasteiger partial charge in [-0.05, 0) is 42.7 Å². The Morgan fingerprint density at radius 2 is 1.74 bits per heavy atom. The number of nitrogens with two attached hydrogens (primary N) is 1. The quantitative estimate of drug-likeness (QED) is 0.676. The number of nitrogens with zero attached hydrogens (tertiary/aromatic N) is 2. The van der Waals surface area contributed by atoms with Crippen LogP contribution in [0.25, 0.3) is 0 Å². The van der Waals surface area contributed by atoms with E-state index >= 15 is 4.39 Å². The first kappa shape index (κ1) is 22.3. The van der Waals surface area contributed by atoms with Crippen LogP contribution < -0.4 is 10.6 Å². The number of benzene rings is 2. The lowest BCUT2D eigenvalue weighted by molar-refractivity contribution is 0.0996. The van der Waals surface area contributed by atoms with E-state index in [2.05, 4.69) is 9.80 Å². The van der Waals surface area contributed by atoms with Crippen LogP contribution >= 0.6 is 23.2 Å². The van der Waals surface area contributed by atoms with Crippen molar-refractivity contribution in [3.05, 3.63) is 57.3 Å². The van der Waals surface area contributed by atoms with Crippen molar-refractivity contribution in [2.24, 2.45) is 5.73 Å². The Hall–Kier alpha value is -1.87. The highest BCUT2D eigenvalue weighted by Gasteiger charge is 2.41. The second-order valence-electron chi connectivity index (χ2n) is 7.89. The van der Waals surface area contributed by atoms with E-state index in [1.54, 1.807) is 6.07 Å². The van der Waals surface area contributed by atoms with Gasteiger partial charge < -0.3 is 10.6 Å². The normalized spacial score (nSPS) is 17.7. The number of sulfone groups is 1. The third-order valence-electron chi connectivity index (χ3n) is 5.73. The standard InChI is InChI=1S/C21H22Cl2FN3O3S/c22-17-6-2-14(11-18(17)23)27-9-7-26(8-10-27)12-13-1-5-16(21(25)28)19(24)20(13)31(29,30)15-3-4-15/h1-2,5-6,11,15H,3-4,7-10,12H2,(H2,25,28). The fraction of sp³-hybridized carbons (Fsp3) is 0.381. The van der Waals surface area contributed by atoms with Gasteiger partial charge >= 0.3 is 0 Å². The van der Waals surface area contributed by atoms with Gasteiger partial charge in [-0.3, -0.25) is 9.69 Å². The Morgan fingerprint density at radius 1 is 1.06 bits per heavy atom. The van der Waals surface area contributed by atoms with Gasteiger partial charge in [0.15, 0.2) is 15.7 Å². The van der Waals surface area contributed by atoms with Crippen molar-refractivity contribution >= 4 is 44.6 Å². The Morgan fingerprint density at radius 3 is 2.32 bits per heavy atom. The molecule has 4 rings (SSSR count). The molecule has 0 atom stereocenters. The van der Waals surface area contributed by atoms with Gasteiger partial charge in [-0.2, -0.15) is 0 Å². The van der Waals surface area contributed by atoms with Crippen LogP contribution in [0.3, 0.4) is 0 Å². The summed E-state index contributed by atoms with van der Waals surface area (Å²) in [5.74, 6) is -2.02. The van der Waals surface area contributed by atoms with Crippen molar-refractivity contribution in [2.45, 2.75) is 29.5 Å². The van der Waals surface area contributed by atoms with Gasteiger partial charge in [0.1, 0.15) is 4.90 Å². The zero-order valence-electron chi connectivity index (χ0n) is 16.7. The maximum Gasteiger partial charge on any atom is 0.251 e. The van der Waals surface area contributed by atoms with Crippen molar-refractivity contribution in [1.82, 2.24) is 4.90 Å². The van der Waals surface area contributed by atoms with E-state index in [-0.39, 0.29) is 11.4 Å². The Labute approximate surface area is 190 Å². The molecule has 1 saturated heterocycles. The van der Waals surface area contributed by atoms with Crippen LogP contribution in [-0.2, 0) is 16.4 Å². The predicted molar refractivity (Wildman–Crippen MR) is 119 cm³/mol. The minimum absolute atomic E-state index is 0.270. The zero-order valence-corrected chi connectivity index (χ0v) is 19.0. The summed E-state index contributed by atoms with van der Waals surface area (Å²) in [5.41, 5.74) is 6.16. The Balaban J connectivity index is 1.54. The molecule has 166 valence electrons. The summed E-state index contributed by atoms with van der Waals surface area (Å²) in [5, 5.41) is 0.395. The summed E-state index contributed by atoms with van der Waals surface area (Å²) in [7, 11) is -3.84. The van der Waals surface area contributed by atoms with E-state index in [1.807, 2.05) is 12.1 Å². The van der Waals surface area contributed by atoms with E-state index in [0.29, 0.717) is 54.6 Å². The predicted octanol–water partition coefficient (Wildman–Crippen LogP) is 3.49. The monoisotopic (exact) mass is 485 g/mol. The second-order valence-corrected chi connectivity index (χ2v) is 10.9. The average Bonchev–Trinajstić information content (AvgIpc) is 3.56. The lowest BCUT2D eigenvalue weighted by Gasteiger charge is -2.36. The maximum absolute atomic E-state index is 15.0. The molecule has 1 heterocycles. The molecule has 1 aliphatic heterocycles. The van der Waals surface area contributed by atoms with E-state index in [0.717, 1.165) is 5.69 Å². The number of hydrogen-bond acceptors (Lipinski definition) is 5. The van der Waals surface area contributed by atoms with Crippen molar-refractivity contribution in [3.8, 4) is 0 Å². The average molecular weight is 486 g/mol. The molecule has 2 aromatic rings. The highest BCUT2D eigenvalue weighted by molar-refractivity contribution is 7.92. The lowest BCUT2D eigenvalue weighted by Crippen LogP contribution is -2.46. The molecule has 0 bridgehead atoms. The number of halogens is 3. The van der Waals surface area contributed by atoms with E-state index < -0.39 is 32.4 Å². The minimum Gasteiger partial charge on any atom is -0.369 e. The van der Waals surface area contributed by atoms with Crippen molar-refractivity contribution in [2.75, 3.05) is 31.1 Å². The molecule has 1 amide bonds. The summed E-state index contributed by atoms with van der Waals surface area (Å²) in [6.45, 7) is 2.98. The van der Waals surface area contributed by atoms with Gasteiger partial charge in [0, 0.05) is 38.4 Å². The van der Waals surface area contributed by atoms with E-state index in [1.165, 1.54) is 12.1 Å². The number of piperazine rings is 1. The van der Waals surface area contributed by atoms with E-state index in [4.69, 9.17) is 28.9 Å². The third-order valence-corrected chi connectivity index (χ3v) is 8.82. The molecular weight excluding hydrogens is 464 g/mol. The summed E-state index contributed by atoms with van der Waals surface area (Å²) in [6, 6.07) is 8.25. The Kier molecular flexibility index (Phi) is 6.18. The smallest absolute Gasteiger partial charge is 0.251 e. The van der Waals surface area contributed by atoms with Crippen LogP contribution in [0.5, 0.6) is 0 Å². The van der Waals surface area contributed by atoms with Crippen LogP contribution in [0, 0.1) is 5.82 Å². The fourth-order valence-electron chi connectivity index (χ4n) is 3.85. The first-order valence-corrected chi connectivity index (χ1v) is 12.3. The molecule has 6 nitrogen and oxygen atoms in total. The molecule has 2 aromatic carbocycles. The molecular formula is C21H22Cl2FN3O3S. The topological polar surface area (TPSA) is 83.7 Å². The number of rotatable bonds is 6. The molecule has 2 N–H and O–H groups in total. The molecule has 31 heavy (non-hydrogen) atoms. The number of primary amides is 1.